The molecule has 2 aromatic rings. The van der Waals surface area contributed by atoms with E-state index in [4.69, 9.17) is 4.74 Å². The Morgan fingerprint density at radius 2 is 2.04 bits per heavy atom. The molecule has 0 fully saturated rings. The lowest BCUT2D eigenvalue weighted by molar-refractivity contribution is -0.129. The van der Waals surface area contributed by atoms with Crippen LogP contribution < -0.4 is 5.32 Å². The van der Waals surface area contributed by atoms with Crippen molar-refractivity contribution in [3.63, 3.8) is 0 Å². The van der Waals surface area contributed by atoms with Crippen LogP contribution in [0.15, 0.2) is 41.0 Å². The summed E-state index contributed by atoms with van der Waals surface area (Å²) in [4.78, 5) is 29.6. The number of aryl methyl sites for hydroxylation is 2. The molecule has 0 unspecified atom stereocenters. The number of carbonyl (C=O) groups excluding carboxylic acids is 2. The highest BCUT2D eigenvalue weighted by Gasteiger charge is 2.25. The molecule has 1 aliphatic rings. The number of nitrogens with one attached hydrogen (secondary N) is 1. The average Bonchev–Trinajstić information content (AvgIpc) is 3.12. The second-order valence-corrected chi connectivity index (χ2v) is 6.85. The molecule has 0 atom stereocenters. The molecule has 1 aromatic heterocycles. The lowest BCUT2D eigenvalue weighted by atomic mass is 10.2. The molecule has 25 heavy (non-hydrogen) atoms. The van der Waals surface area contributed by atoms with Gasteiger partial charge in [0.05, 0.1) is 4.88 Å². The van der Waals surface area contributed by atoms with Crippen molar-refractivity contribution in [2.24, 2.45) is 4.99 Å². The van der Waals surface area contributed by atoms with Gasteiger partial charge in [0.2, 0.25) is 11.8 Å². The van der Waals surface area contributed by atoms with E-state index in [2.05, 4.69) is 17.2 Å². The van der Waals surface area contributed by atoms with Crippen LogP contribution in [-0.2, 0) is 20.7 Å². The molecule has 0 radical (unpaired) electrons. The maximum absolute atomic E-state index is 12.1. The highest BCUT2D eigenvalue weighted by Crippen LogP contribution is 2.27. The van der Waals surface area contributed by atoms with E-state index in [0.717, 1.165) is 16.9 Å². The highest BCUT2D eigenvalue weighted by atomic mass is 32.1. The van der Waals surface area contributed by atoms with Crippen molar-refractivity contribution in [1.29, 1.82) is 0 Å². The van der Waals surface area contributed by atoms with Crippen LogP contribution in [0.25, 0.3) is 6.08 Å². The van der Waals surface area contributed by atoms with Gasteiger partial charge in [-0.2, -0.15) is 0 Å². The molecule has 1 amide bonds. The van der Waals surface area contributed by atoms with Crippen molar-refractivity contribution in [1.82, 2.24) is 0 Å². The van der Waals surface area contributed by atoms with Gasteiger partial charge in [-0.15, -0.1) is 11.3 Å². The number of aliphatic imine (C=N–C) groups is 1. The van der Waals surface area contributed by atoms with Gasteiger partial charge < -0.3 is 10.1 Å². The molecule has 0 aliphatic carbocycles. The Labute approximate surface area is 150 Å². The maximum Gasteiger partial charge on any atom is 0.363 e. The van der Waals surface area contributed by atoms with Crippen LogP contribution in [0.1, 0.15) is 34.7 Å². The molecule has 128 valence electrons. The Bertz CT molecular complexity index is 892. The summed E-state index contributed by atoms with van der Waals surface area (Å²) in [6.07, 6.45) is 2.62. The van der Waals surface area contributed by atoms with E-state index < -0.39 is 5.97 Å². The van der Waals surface area contributed by atoms with Crippen molar-refractivity contribution < 1.29 is 14.3 Å². The minimum absolute atomic E-state index is 0.127. The van der Waals surface area contributed by atoms with Crippen LogP contribution in [0.2, 0.25) is 0 Å². The number of hydrogen-bond acceptors (Lipinski definition) is 5. The zero-order valence-corrected chi connectivity index (χ0v) is 15.1. The van der Waals surface area contributed by atoms with E-state index in [9.17, 15) is 9.59 Å². The number of nitrogens with zero attached hydrogens (tertiary/aromatic N) is 1. The standard InChI is InChI=1S/C19H18N2O3S/c1-4-16-11(2)9-17(25-16)18-21-15(19(23)24-18)10-13-5-7-14(8-6-13)20-12(3)22/h5-10H,4H2,1-3H3,(H,20,22)/b15-10+. The molecular formula is C19H18N2O3S. The lowest BCUT2D eigenvalue weighted by Crippen LogP contribution is -2.05. The third-order valence-electron chi connectivity index (χ3n) is 3.71. The van der Waals surface area contributed by atoms with Crippen molar-refractivity contribution in [2.45, 2.75) is 27.2 Å². The summed E-state index contributed by atoms with van der Waals surface area (Å²) in [5.74, 6) is -0.221. The number of ether oxygens (including phenoxy) is 1. The van der Waals surface area contributed by atoms with Gasteiger partial charge in [0.25, 0.3) is 0 Å². The summed E-state index contributed by atoms with van der Waals surface area (Å²) in [5, 5.41) is 2.70. The van der Waals surface area contributed by atoms with Crippen molar-refractivity contribution in [3.05, 3.63) is 56.9 Å². The number of thiophene rings is 1. The van der Waals surface area contributed by atoms with E-state index in [0.29, 0.717) is 11.6 Å². The zero-order valence-electron chi connectivity index (χ0n) is 14.3. The first-order chi connectivity index (χ1) is 12.0. The number of amides is 1. The van der Waals surface area contributed by atoms with Gasteiger partial charge in [-0.05, 0) is 48.7 Å². The lowest BCUT2D eigenvalue weighted by Gasteiger charge is -2.01. The summed E-state index contributed by atoms with van der Waals surface area (Å²) in [6, 6.07) is 9.16. The van der Waals surface area contributed by atoms with Gasteiger partial charge in [0.15, 0.2) is 5.70 Å². The van der Waals surface area contributed by atoms with Crippen LogP contribution >= 0.6 is 11.3 Å². The van der Waals surface area contributed by atoms with E-state index in [1.165, 1.54) is 17.4 Å². The van der Waals surface area contributed by atoms with E-state index >= 15 is 0 Å². The summed E-state index contributed by atoms with van der Waals surface area (Å²) in [6.45, 7) is 5.60. The number of cyclic esters (lactones) is 1. The summed E-state index contributed by atoms with van der Waals surface area (Å²) < 4.78 is 5.32. The van der Waals surface area contributed by atoms with Gasteiger partial charge in [-0.25, -0.2) is 9.79 Å². The quantitative estimate of drug-likeness (QED) is 0.668. The minimum atomic E-state index is -0.454. The molecular weight excluding hydrogens is 336 g/mol. The Kier molecular flexibility index (Phi) is 4.81. The Morgan fingerprint density at radius 1 is 1.32 bits per heavy atom. The number of benzene rings is 1. The van der Waals surface area contributed by atoms with Crippen LogP contribution in [0.5, 0.6) is 0 Å². The minimum Gasteiger partial charge on any atom is -0.401 e. The first-order valence-corrected chi connectivity index (χ1v) is 8.78. The number of rotatable bonds is 4. The average molecular weight is 354 g/mol. The molecule has 6 heteroatoms. The SMILES string of the molecule is CCc1sc(C2=N/C(=C/c3ccc(NC(C)=O)cc3)C(=O)O2)cc1C. The van der Waals surface area contributed by atoms with Crippen molar-refractivity contribution in [2.75, 3.05) is 5.32 Å². The smallest absolute Gasteiger partial charge is 0.363 e. The summed E-state index contributed by atoms with van der Waals surface area (Å²) in [5.41, 5.74) is 2.97. The molecule has 5 nitrogen and oxygen atoms in total. The third kappa shape index (κ3) is 3.85. The fourth-order valence-electron chi connectivity index (χ4n) is 2.51. The van der Waals surface area contributed by atoms with Crippen LogP contribution in [0.3, 0.4) is 0 Å². The molecule has 1 aromatic carbocycles. The zero-order chi connectivity index (χ0) is 18.0. The Hall–Kier alpha value is -2.73. The third-order valence-corrected chi connectivity index (χ3v) is 5.08. The molecule has 0 saturated heterocycles. The highest BCUT2D eigenvalue weighted by molar-refractivity contribution is 7.14. The molecule has 1 N–H and O–H groups in total. The van der Waals surface area contributed by atoms with Crippen molar-refractivity contribution in [3.8, 4) is 0 Å². The molecule has 0 bridgehead atoms. The largest absolute Gasteiger partial charge is 0.401 e. The predicted molar refractivity (Wildman–Crippen MR) is 99.8 cm³/mol. The fraction of sp³-hybridized carbons (Fsp3) is 0.211. The second-order valence-electron chi connectivity index (χ2n) is 5.71. The fourth-order valence-corrected chi connectivity index (χ4v) is 3.55. The molecule has 1 aliphatic heterocycles. The van der Waals surface area contributed by atoms with E-state index in [1.807, 2.05) is 25.1 Å². The molecule has 2 heterocycles. The molecule has 0 spiro atoms. The first-order valence-electron chi connectivity index (χ1n) is 7.96. The second kappa shape index (κ2) is 7.03. The maximum atomic E-state index is 12.1. The number of anilines is 1. The van der Waals surface area contributed by atoms with Gasteiger partial charge in [-0.3, -0.25) is 4.79 Å². The Morgan fingerprint density at radius 3 is 2.64 bits per heavy atom. The van der Waals surface area contributed by atoms with Crippen LogP contribution in [0, 0.1) is 6.92 Å². The topological polar surface area (TPSA) is 67.8 Å². The molecule has 0 saturated carbocycles. The van der Waals surface area contributed by atoms with Crippen LogP contribution in [-0.4, -0.2) is 17.8 Å². The summed E-state index contributed by atoms with van der Waals surface area (Å²) in [7, 11) is 0. The Balaban J connectivity index is 1.84. The van der Waals surface area contributed by atoms with Crippen LogP contribution in [0.4, 0.5) is 5.69 Å². The van der Waals surface area contributed by atoms with Crippen molar-refractivity contribution >= 4 is 40.9 Å². The van der Waals surface area contributed by atoms with Gasteiger partial charge in [-0.1, -0.05) is 19.1 Å². The first kappa shape index (κ1) is 17.1. The normalized spacial score (nSPS) is 15.2. The predicted octanol–water partition coefficient (Wildman–Crippen LogP) is 3.92. The van der Waals surface area contributed by atoms with E-state index in [1.54, 1.807) is 29.5 Å². The van der Waals surface area contributed by atoms with E-state index in [-0.39, 0.29) is 11.6 Å². The van der Waals surface area contributed by atoms with Gasteiger partial charge in [0, 0.05) is 17.5 Å². The number of hydrogen-bond donors (Lipinski definition) is 1. The van der Waals surface area contributed by atoms with Gasteiger partial charge in [0.1, 0.15) is 0 Å². The number of carbonyl (C=O) groups is 2. The number of esters is 1. The molecule has 3 rings (SSSR count). The summed E-state index contributed by atoms with van der Waals surface area (Å²) >= 11 is 1.60. The van der Waals surface area contributed by atoms with Gasteiger partial charge >= 0.3 is 5.97 Å². The monoisotopic (exact) mass is 354 g/mol.